The fourth-order valence-electron chi connectivity index (χ4n) is 4.24. The molecule has 3 rings (SSSR count). The highest BCUT2D eigenvalue weighted by atomic mass is 35.5. The number of nitrogens with one attached hydrogen (secondary N) is 1. The molecular weight excluding hydrogens is 470 g/mol. The summed E-state index contributed by atoms with van der Waals surface area (Å²) in [5.74, 6) is -0.787. The lowest BCUT2D eigenvalue weighted by Gasteiger charge is -2.44. The van der Waals surface area contributed by atoms with Crippen LogP contribution < -0.4 is 11.1 Å². The van der Waals surface area contributed by atoms with Gasteiger partial charge in [0.05, 0.1) is 5.54 Å². The summed E-state index contributed by atoms with van der Waals surface area (Å²) in [4.78, 5) is 25.7. The van der Waals surface area contributed by atoms with E-state index in [1.54, 1.807) is 0 Å². The Kier molecular flexibility index (Phi) is 11.5. The molecule has 1 fully saturated rings. The molecule has 0 radical (unpaired) electrons. The number of benzene rings is 1. The second-order valence-corrected chi connectivity index (χ2v) is 10.6. The van der Waals surface area contributed by atoms with Gasteiger partial charge in [-0.2, -0.15) is 0 Å². The fraction of sp³-hybridized carbons (Fsp3) is 0.538. The van der Waals surface area contributed by atoms with Crippen LogP contribution in [0.2, 0.25) is 5.02 Å². The van der Waals surface area contributed by atoms with Crippen LogP contribution in [-0.2, 0) is 15.1 Å². The summed E-state index contributed by atoms with van der Waals surface area (Å²) in [6.07, 6.45) is 5.34. The zero-order chi connectivity index (χ0) is 25.1. The second kappa shape index (κ2) is 13.8. The molecule has 1 aliphatic rings. The molecule has 34 heavy (non-hydrogen) atoms. The molecule has 1 saturated carbocycles. The molecule has 6 nitrogen and oxygen atoms in total. The summed E-state index contributed by atoms with van der Waals surface area (Å²) >= 11 is 7.68. The largest absolute Gasteiger partial charge is 0.481 e. The van der Waals surface area contributed by atoms with Crippen LogP contribution >= 0.6 is 22.9 Å². The topological polar surface area (TPSA) is 95.7 Å². The third-order valence-electron chi connectivity index (χ3n) is 6.53. The van der Waals surface area contributed by atoms with Crippen LogP contribution in [0.25, 0.3) is 0 Å². The highest BCUT2D eigenvalue weighted by Gasteiger charge is 2.38. The van der Waals surface area contributed by atoms with E-state index >= 15 is 0 Å². The van der Waals surface area contributed by atoms with Gasteiger partial charge in [-0.25, -0.2) is 0 Å². The molecule has 2 aromatic rings. The Morgan fingerprint density at radius 3 is 2.38 bits per heavy atom. The van der Waals surface area contributed by atoms with Gasteiger partial charge in [0.2, 0.25) is 5.91 Å². The zero-order valence-corrected chi connectivity index (χ0v) is 22.0. The summed E-state index contributed by atoms with van der Waals surface area (Å²) in [5, 5.41) is 14.1. The second-order valence-electron chi connectivity index (χ2n) is 9.24. The van der Waals surface area contributed by atoms with Crippen LogP contribution in [0.3, 0.4) is 0 Å². The SMILES string of the molecule is CC(CNC(=O)CCCC(=O)O)c1ccc(Cl)cc1.CN(C)C1(c2cccs2)CCC(N)CC1. The number of carbonyl (C=O) groups is 2. The highest BCUT2D eigenvalue weighted by Crippen LogP contribution is 2.42. The van der Waals surface area contributed by atoms with Crippen molar-refractivity contribution in [3.05, 3.63) is 57.2 Å². The van der Waals surface area contributed by atoms with Gasteiger partial charge < -0.3 is 16.2 Å². The first-order valence-corrected chi connectivity index (χ1v) is 13.1. The maximum absolute atomic E-state index is 11.5. The number of halogens is 1. The summed E-state index contributed by atoms with van der Waals surface area (Å²) in [7, 11) is 4.38. The average Bonchev–Trinajstić information content (AvgIpc) is 3.34. The van der Waals surface area contributed by atoms with Gasteiger partial charge in [0.1, 0.15) is 0 Å². The van der Waals surface area contributed by atoms with Crippen molar-refractivity contribution in [1.29, 1.82) is 0 Å². The van der Waals surface area contributed by atoms with Gasteiger partial charge in [0, 0.05) is 35.3 Å². The van der Waals surface area contributed by atoms with Gasteiger partial charge in [-0.05, 0) is 81.3 Å². The van der Waals surface area contributed by atoms with Gasteiger partial charge in [-0.1, -0.05) is 36.7 Å². The van der Waals surface area contributed by atoms with Crippen molar-refractivity contribution < 1.29 is 14.7 Å². The molecule has 1 amide bonds. The van der Waals surface area contributed by atoms with E-state index in [4.69, 9.17) is 22.4 Å². The average molecular weight is 508 g/mol. The summed E-state index contributed by atoms with van der Waals surface area (Å²) in [6.45, 7) is 2.55. The minimum absolute atomic E-state index is 0.0279. The molecule has 8 heteroatoms. The Morgan fingerprint density at radius 1 is 1.21 bits per heavy atom. The number of amides is 1. The molecule has 0 spiro atoms. The highest BCUT2D eigenvalue weighted by molar-refractivity contribution is 7.10. The molecule has 0 bridgehead atoms. The lowest BCUT2D eigenvalue weighted by Crippen LogP contribution is -2.46. The van der Waals surface area contributed by atoms with Gasteiger partial charge in [0.25, 0.3) is 0 Å². The number of rotatable bonds is 9. The van der Waals surface area contributed by atoms with Gasteiger partial charge in [-0.15, -0.1) is 11.3 Å². The maximum atomic E-state index is 11.5. The monoisotopic (exact) mass is 507 g/mol. The van der Waals surface area contributed by atoms with E-state index in [0.29, 0.717) is 24.0 Å². The van der Waals surface area contributed by atoms with Crippen molar-refractivity contribution in [2.24, 2.45) is 5.73 Å². The number of hydrogen-bond acceptors (Lipinski definition) is 5. The molecule has 4 N–H and O–H groups in total. The predicted molar refractivity (Wildman–Crippen MR) is 140 cm³/mol. The third-order valence-corrected chi connectivity index (χ3v) is 7.85. The Bertz CT molecular complexity index is 879. The Balaban J connectivity index is 0.000000246. The molecular formula is C26H38ClN3O3S. The van der Waals surface area contributed by atoms with E-state index in [-0.39, 0.29) is 30.2 Å². The van der Waals surface area contributed by atoms with Crippen LogP contribution in [-0.4, -0.2) is 48.6 Å². The predicted octanol–water partition coefficient (Wildman–Crippen LogP) is 5.22. The summed E-state index contributed by atoms with van der Waals surface area (Å²) < 4.78 is 0. The smallest absolute Gasteiger partial charge is 0.303 e. The molecule has 1 heterocycles. The Labute approximate surface area is 212 Å². The van der Waals surface area contributed by atoms with E-state index < -0.39 is 5.97 Å². The standard InChI is InChI=1S/C14H18ClNO3.C12H20N2S/c1-10(11-5-7-12(15)8-6-11)9-16-13(17)3-2-4-14(18)19;1-14(2)12(11-4-3-9-15-11)7-5-10(13)6-8-12/h5-8,10H,2-4,9H2,1H3,(H,16,17)(H,18,19);3-4,9-10H,5-8,13H2,1-2H3. The van der Waals surface area contributed by atoms with Gasteiger partial charge in [-0.3, -0.25) is 14.5 Å². The van der Waals surface area contributed by atoms with Crippen molar-refractivity contribution in [3.63, 3.8) is 0 Å². The zero-order valence-electron chi connectivity index (χ0n) is 20.4. The number of thiophene rings is 1. The maximum Gasteiger partial charge on any atom is 0.303 e. The lowest BCUT2D eigenvalue weighted by atomic mass is 9.78. The molecule has 188 valence electrons. The van der Waals surface area contributed by atoms with Crippen molar-refractivity contribution in [3.8, 4) is 0 Å². The fourth-order valence-corrected chi connectivity index (χ4v) is 5.43. The van der Waals surface area contributed by atoms with E-state index in [1.807, 2.05) is 42.5 Å². The van der Waals surface area contributed by atoms with Gasteiger partial charge >= 0.3 is 5.97 Å². The molecule has 0 saturated heterocycles. The minimum atomic E-state index is -0.873. The quantitative estimate of drug-likeness (QED) is 0.432. The molecule has 1 atom stereocenters. The molecule has 0 aliphatic heterocycles. The third kappa shape index (κ3) is 8.69. The van der Waals surface area contributed by atoms with Crippen molar-refractivity contribution in [2.45, 2.75) is 69.4 Å². The van der Waals surface area contributed by atoms with Crippen LogP contribution in [0.1, 0.15) is 68.2 Å². The van der Waals surface area contributed by atoms with Crippen molar-refractivity contribution in [2.75, 3.05) is 20.6 Å². The van der Waals surface area contributed by atoms with Crippen LogP contribution in [0.15, 0.2) is 41.8 Å². The number of hydrogen-bond donors (Lipinski definition) is 3. The summed E-state index contributed by atoms with van der Waals surface area (Å²) in [5.41, 5.74) is 7.35. The molecule has 1 unspecified atom stereocenters. The van der Waals surface area contributed by atoms with E-state index in [0.717, 1.165) is 18.4 Å². The number of carboxylic acid groups (broad SMARTS) is 1. The van der Waals surface area contributed by atoms with E-state index in [9.17, 15) is 9.59 Å². The number of carboxylic acids is 1. The van der Waals surface area contributed by atoms with Crippen LogP contribution in [0, 0.1) is 0 Å². The normalized spacial score (nSPS) is 20.8. The van der Waals surface area contributed by atoms with E-state index in [2.05, 4.69) is 41.8 Å². The molecule has 1 aromatic carbocycles. The molecule has 1 aromatic heterocycles. The van der Waals surface area contributed by atoms with Crippen molar-refractivity contribution >= 4 is 34.8 Å². The van der Waals surface area contributed by atoms with Crippen LogP contribution in [0.4, 0.5) is 0 Å². The lowest BCUT2D eigenvalue weighted by molar-refractivity contribution is -0.137. The first-order chi connectivity index (χ1) is 16.1. The van der Waals surface area contributed by atoms with Gasteiger partial charge in [0.15, 0.2) is 0 Å². The Morgan fingerprint density at radius 2 is 1.85 bits per heavy atom. The first kappa shape index (κ1) is 28.3. The summed E-state index contributed by atoms with van der Waals surface area (Å²) in [6, 6.07) is 12.3. The van der Waals surface area contributed by atoms with E-state index in [1.165, 1.54) is 17.7 Å². The number of nitrogens with zero attached hydrogens (tertiary/aromatic N) is 1. The number of aliphatic carboxylic acids is 1. The molecule has 1 aliphatic carbocycles. The van der Waals surface area contributed by atoms with Crippen molar-refractivity contribution in [1.82, 2.24) is 10.2 Å². The number of nitrogens with two attached hydrogens (primary N) is 1. The Hall–Kier alpha value is -1.93. The number of carbonyl (C=O) groups excluding carboxylic acids is 1. The first-order valence-electron chi connectivity index (χ1n) is 11.8. The van der Waals surface area contributed by atoms with Crippen LogP contribution in [0.5, 0.6) is 0 Å². The minimum Gasteiger partial charge on any atom is -0.481 e.